The lowest BCUT2D eigenvalue weighted by Crippen LogP contribution is -2.44. The summed E-state index contributed by atoms with van der Waals surface area (Å²) in [7, 11) is 0. The van der Waals surface area contributed by atoms with Crippen molar-refractivity contribution in [1.29, 1.82) is 0 Å². The summed E-state index contributed by atoms with van der Waals surface area (Å²) in [5.41, 5.74) is 4.32. The van der Waals surface area contributed by atoms with Crippen LogP contribution < -0.4 is 10.6 Å². The number of carbonyl (C=O) groups is 3. The summed E-state index contributed by atoms with van der Waals surface area (Å²) in [6, 6.07) is 21.3. The van der Waals surface area contributed by atoms with Gasteiger partial charge in [0, 0.05) is 10.9 Å². The SMILES string of the molecule is Cc1cc(Br)c(NC(=O)[C@H](CCC(=O)OCc2ccccc2)NC(=O)OCc2ccccc2)cc1C. The van der Waals surface area contributed by atoms with Gasteiger partial charge in [0.2, 0.25) is 5.91 Å². The maximum atomic E-state index is 13.1. The van der Waals surface area contributed by atoms with Crippen LogP contribution in [0.3, 0.4) is 0 Å². The second-order valence-corrected chi connectivity index (χ2v) is 9.20. The molecule has 0 aliphatic rings. The molecule has 0 spiro atoms. The van der Waals surface area contributed by atoms with Crippen molar-refractivity contribution >= 4 is 39.6 Å². The number of nitrogens with one attached hydrogen (secondary N) is 2. The van der Waals surface area contributed by atoms with Crippen LogP contribution in [-0.2, 0) is 32.3 Å². The Morgan fingerprint density at radius 2 is 1.39 bits per heavy atom. The molecule has 8 heteroatoms. The number of esters is 1. The molecule has 0 fully saturated rings. The molecule has 36 heavy (non-hydrogen) atoms. The number of aryl methyl sites for hydroxylation is 2. The Balaban J connectivity index is 1.62. The van der Waals surface area contributed by atoms with Gasteiger partial charge in [-0.3, -0.25) is 9.59 Å². The van der Waals surface area contributed by atoms with Crippen LogP contribution in [0.1, 0.15) is 35.1 Å². The fraction of sp³-hybridized carbons (Fsp3) is 0.250. The lowest BCUT2D eigenvalue weighted by molar-refractivity contribution is -0.145. The number of alkyl carbamates (subject to hydrolysis) is 1. The van der Waals surface area contributed by atoms with Crippen LogP contribution in [0.4, 0.5) is 10.5 Å². The van der Waals surface area contributed by atoms with Crippen molar-refractivity contribution in [1.82, 2.24) is 5.32 Å². The monoisotopic (exact) mass is 552 g/mol. The van der Waals surface area contributed by atoms with E-state index in [4.69, 9.17) is 9.47 Å². The van der Waals surface area contributed by atoms with E-state index >= 15 is 0 Å². The highest BCUT2D eigenvalue weighted by atomic mass is 79.9. The number of hydrogen-bond acceptors (Lipinski definition) is 5. The predicted molar refractivity (Wildman–Crippen MR) is 141 cm³/mol. The fourth-order valence-corrected chi connectivity index (χ4v) is 3.90. The Morgan fingerprint density at radius 1 is 0.833 bits per heavy atom. The van der Waals surface area contributed by atoms with Crippen molar-refractivity contribution in [2.24, 2.45) is 0 Å². The molecule has 0 saturated heterocycles. The van der Waals surface area contributed by atoms with Gasteiger partial charge in [-0.1, -0.05) is 60.7 Å². The Kier molecular flexibility index (Phi) is 10.1. The average molecular weight is 553 g/mol. The Labute approximate surface area is 219 Å². The zero-order chi connectivity index (χ0) is 25.9. The van der Waals surface area contributed by atoms with Gasteiger partial charge < -0.3 is 20.1 Å². The van der Waals surface area contributed by atoms with E-state index in [1.54, 1.807) is 0 Å². The molecule has 0 heterocycles. The first kappa shape index (κ1) is 26.9. The topological polar surface area (TPSA) is 93.7 Å². The maximum absolute atomic E-state index is 13.1. The zero-order valence-corrected chi connectivity index (χ0v) is 21.8. The molecular formula is C28H29BrN2O5. The van der Waals surface area contributed by atoms with Gasteiger partial charge in [-0.05, 0) is 70.6 Å². The number of anilines is 1. The number of benzene rings is 3. The first-order valence-electron chi connectivity index (χ1n) is 11.6. The largest absolute Gasteiger partial charge is 0.461 e. The van der Waals surface area contributed by atoms with Gasteiger partial charge in [0.1, 0.15) is 19.3 Å². The van der Waals surface area contributed by atoms with E-state index < -0.39 is 24.0 Å². The minimum Gasteiger partial charge on any atom is -0.461 e. The summed E-state index contributed by atoms with van der Waals surface area (Å²) < 4.78 is 11.3. The molecule has 188 valence electrons. The van der Waals surface area contributed by atoms with Gasteiger partial charge in [-0.25, -0.2) is 4.79 Å². The zero-order valence-electron chi connectivity index (χ0n) is 20.3. The minimum atomic E-state index is -1.01. The summed E-state index contributed by atoms with van der Waals surface area (Å²) in [6.07, 6.45) is -0.767. The van der Waals surface area contributed by atoms with Crippen LogP contribution in [0.15, 0.2) is 77.3 Å². The first-order chi connectivity index (χ1) is 17.3. The maximum Gasteiger partial charge on any atom is 0.408 e. The lowest BCUT2D eigenvalue weighted by atomic mass is 10.1. The number of ether oxygens (including phenoxy) is 2. The Hall–Kier alpha value is -3.65. The van der Waals surface area contributed by atoms with Crippen molar-refractivity contribution in [2.45, 2.75) is 45.9 Å². The molecule has 3 aromatic carbocycles. The van der Waals surface area contributed by atoms with Crippen LogP contribution in [-0.4, -0.2) is 24.0 Å². The van der Waals surface area contributed by atoms with Crippen LogP contribution >= 0.6 is 15.9 Å². The molecule has 0 aliphatic heterocycles. The molecule has 0 unspecified atom stereocenters. The van der Waals surface area contributed by atoms with Crippen LogP contribution in [0.5, 0.6) is 0 Å². The van der Waals surface area contributed by atoms with Crippen LogP contribution in [0, 0.1) is 13.8 Å². The molecule has 0 bridgehead atoms. The van der Waals surface area contributed by atoms with E-state index in [-0.39, 0.29) is 26.1 Å². The Bertz CT molecular complexity index is 1190. The van der Waals surface area contributed by atoms with E-state index in [0.717, 1.165) is 22.3 Å². The quantitative estimate of drug-likeness (QED) is 0.309. The summed E-state index contributed by atoms with van der Waals surface area (Å²) in [5.74, 6) is -0.935. The molecular weight excluding hydrogens is 524 g/mol. The van der Waals surface area contributed by atoms with Gasteiger partial charge >= 0.3 is 12.1 Å². The second kappa shape index (κ2) is 13.4. The lowest BCUT2D eigenvalue weighted by Gasteiger charge is -2.19. The Morgan fingerprint density at radius 3 is 2.00 bits per heavy atom. The summed E-state index contributed by atoms with van der Waals surface area (Å²) in [4.78, 5) is 37.9. The molecule has 2 N–H and O–H groups in total. The molecule has 3 rings (SSSR count). The minimum absolute atomic E-state index is 0.0440. The highest BCUT2D eigenvalue weighted by Crippen LogP contribution is 2.26. The summed E-state index contributed by atoms with van der Waals surface area (Å²) >= 11 is 3.46. The van der Waals surface area contributed by atoms with E-state index in [1.807, 2.05) is 86.6 Å². The molecule has 0 radical (unpaired) electrons. The van der Waals surface area contributed by atoms with Crippen LogP contribution in [0.2, 0.25) is 0 Å². The molecule has 0 aromatic heterocycles. The fourth-order valence-electron chi connectivity index (χ4n) is 3.34. The van der Waals surface area contributed by atoms with E-state index in [2.05, 4.69) is 26.6 Å². The standard InChI is InChI=1S/C28H29BrN2O5/c1-19-15-23(29)25(16-20(19)2)30-27(33)24(31-28(34)36-18-22-11-7-4-8-12-22)13-14-26(32)35-17-21-9-5-3-6-10-21/h3-12,15-16,24H,13-14,17-18H2,1-2H3,(H,30,33)(H,31,34)/t24-/m0/s1. The van der Waals surface area contributed by atoms with Crippen molar-refractivity contribution in [3.05, 3.63) is 99.5 Å². The molecule has 7 nitrogen and oxygen atoms in total. The van der Waals surface area contributed by atoms with Gasteiger partial charge in [-0.2, -0.15) is 0 Å². The molecule has 1 atom stereocenters. The van der Waals surface area contributed by atoms with Gasteiger partial charge in [0.25, 0.3) is 0 Å². The number of rotatable bonds is 10. The highest BCUT2D eigenvalue weighted by Gasteiger charge is 2.24. The molecule has 2 amide bonds. The number of amides is 2. The van der Waals surface area contributed by atoms with E-state index in [9.17, 15) is 14.4 Å². The summed E-state index contributed by atoms with van der Waals surface area (Å²) in [5, 5.41) is 5.42. The van der Waals surface area contributed by atoms with Gasteiger partial charge in [-0.15, -0.1) is 0 Å². The van der Waals surface area contributed by atoms with E-state index in [0.29, 0.717) is 10.2 Å². The first-order valence-corrected chi connectivity index (χ1v) is 12.4. The molecule has 0 aliphatic carbocycles. The van der Waals surface area contributed by atoms with Crippen LogP contribution in [0.25, 0.3) is 0 Å². The van der Waals surface area contributed by atoms with Crippen molar-refractivity contribution in [2.75, 3.05) is 5.32 Å². The number of halogens is 1. The third kappa shape index (κ3) is 8.53. The van der Waals surface area contributed by atoms with Gasteiger partial charge in [0.05, 0.1) is 5.69 Å². The predicted octanol–water partition coefficient (Wildman–Crippen LogP) is 5.82. The normalized spacial score (nSPS) is 11.3. The van der Waals surface area contributed by atoms with Crippen molar-refractivity contribution in [3.63, 3.8) is 0 Å². The van der Waals surface area contributed by atoms with Crippen molar-refractivity contribution in [3.8, 4) is 0 Å². The molecule has 0 saturated carbocycles. The van der Waals surface area contributed by atoms with Crippen molar-refractivity contribution < 1.29 is 23.9 Å². The second-order valence-electron chi connectivity index (χ2n) is 8.35. The number of carbonyl (C=O) groups excluding carboxylic acids is 3. The third-order valence-electron chi connectivity index (χ3n) is 5.54. The third-order valence-corrected chi connectivity index (χ3v) is 6.20. The van der Waals surface area contributed by atoms with E-state index in [1.165, 1.54) is 0 Å². The smallest absolute Gasteiger partial charge is 0.408 e. The molecule has 3 aromatic rings. The highest BCUT2D eigenvalue weighted by molar-refractivity contribution is 9.10. The average Bonchev–Trinajstić information content (AvgIpc) is 2.88. The summed E-state index contributed by atoms with van der Waals surface area (Å²) in [6.45, 7) is 4.11. The number of hydrogen-bond donors (Lipinski definition) is 2. The van der Waals surface area contributed by atoms with Gasteiger partial charge in [0.15, 0.2) is 0 Å².